The summed E-state index contributed by atoms with van der Waals surface area (Å²) >= 11 is 0. The number of aliphatic hydroxyl groups excluding tert-OH is 1. The average Bonchev–Trinajstić information content (AvgIpc) is 3.22. The molecule has 0 spiro atoms. The van der Waals surface area contributed by atoms with Crippen LogP contribution in [-0.4, -0.2) is 48.4 Å². The molecule has 0 bridgehead atoms. The number of methoxy groups -OCH3 is 1. The summed E-state index contributed by atoms with van der Waals surface area (Å²) in [6, 6.07) is 12.4. The highest BCUT2D eigenvalue weighted by atomic mass is 16.5. The summed E-state index contributed by atoms with van der Waals surface area (Å²) in [5.41, 5.74) is 7.45. The van der Waals surface area contributed by atoms with Crippen LogP contribution in [0.4, 0.5) is 0 Å². The highest BCUT2D eigenvalue weighted by Crippen LogP contribution is 2.32. The fourth-order valence-electron chi connectivity index (χ4n) is 3.89. The summed E-state index contributed by atoms with van der Waals surface area (Å²) in [5.74, 6) is 0.0595. The van der Waals surface area contributed by atoms with Crippen molar-refractivity contribution in [3.63, 3.8) is 0 Å². The molecule has 0 aliphatic carbocycles. The monoisotopic (exact) mass is 382 g/mol. The van der Waals surface area contributed by atoms with Crippen molar-refractivity contribution in [1.29, 1.82) is 0 Å². The van der Waals surface area contributed by atoms with Gasteiger partial charge in [0.1, 0.15) is 5.75 Å². The van der Waals surface area contributed by atoms with E-state index in [1.165, 1.54) is 0 Å². The molecule has 2 aliphatic rings. The van der Waals surface area contributed by atoms with Crippen LogP contribution in [0.25, 0.3) is 0 Å². The minimum atomic E-state index is -0.893. The maximum Gasteiger partial charge on any atom is 0.254 e. The lowest BCUT2D eigenvalue weighted by atomic mass is 9.89. The molecule has 1 fully saturated rings. The number of rotatable bonds is 5. The van der Waals surface area contributed by atoms with Crippen LogP contribution in [-0.2, 0) is 12.1 Å². The number of carbonyl (C=O) groups excluding carboxylic acids is 2. The van der Waals surface area contributed by atoms with Crippen molar-refractivity contribution in [3.05, 3.63) is 64.7 Å². The van der Waals surface area contributed by atoms with Gasteiger partial charge in [-0.15, -0.1) is 0 Å². The maximum atomic E-state index is 12.9. The Balaban J connectivity index is 1.63. The van der Waals surface area contributed by atoms with E-state index in [1.54, 1.807) is 42.3 Å². The molecule has 5 N–H and O–H groups in total. The number of hydrogen-bond acceptors (Lipinski definition) is 6. The van der Waals surface area contributed by atoms with Gasteiger partial charge in [0.25, 0.3) is 5.91 Å². The molecular weight excluding hydrogens is 360 g/mol. The Kier molecular flexibility index (Phi) is 4.54. The van der Waals surface area contributed by atoms with Crippen molar-refractivity contribution < 1.29 is 19.4 Å². The second-order valence-electron chi connectivity index (χ2n) is 7.14. The lowest BCUT2D eigenvalue weighted by Gasteiger charge is -2.34. The zero-order valence-electron chi connectivity index (χ0n) is 15.4. The number of aliphatic hydroxyl groups is 1. The number of fused-ring (bicyclic) bond motifs is 1. The van der Waals surface area contributed by atoms with Crippen LogP contribution >= 0.6 is 0 Å². The summed E-state index contributed by atoms with van der Waals surface area (Å²) in [6.45, 7) is 1.26. The van der Waals surface area contributed by atoms with Crippen LogP contribution in [0.2, 0.25) is 0 Å². The molecule has 2 aromatic carbocycles. The number of amides is 2. The van der Waals surface area contributed by atoms with Gasteiger partial charge < -0.3 is 20.5 Å². The minimum Gasteiger partial charge on any atom is -0.497 e. The number of primary amides is 1. The number of nitrogens with zero attached hydrogens (tertiary/aromatic N) is 1. The molecule has 4 rings (SSSR count). The van der Waals surface area contributed by atoms with E-state index in [9.17, 15) is 14.7 Å². The normalized spacial score (nSPS) is 23.7. The first-order valence-electron chi connectivity index (χ1n) is 8.97. The van der Waals surface area contributed by atoms with Gasteiger partial charge in [0.2, 0.25) is 5.91 Å². The lowest BCUT2D eigenvalue weighted by Crippen LogP contribution is -2.51. The molecule has 2 atom stereocenters. The highest BCUT2D eigenvalue weighted by Gasteiger charge is 2.43. The van der Waals surface area contributed by atoms with Gasteiger partial charge in [0.05, 0.1) is 12.6 Å². The number of ether oxygens (including phenoxy) is 1. The van der Waals surface area contributed by atoms with Gasteiger partial charge in [0.15, 0.2) is 6.35 Å². The predicted molar refractivity (Wildman–Crippen MR) is 102 cm³/mol. The van der Waals surface area contributed by atoms with E-state index in [-0.39, 0.29) is 5.91 Å². The van der Waals surface area contributed by atoms with Crippen molar-refractivity contribution >= 4 is 11.8 Å². The highest BCUT2D eigenvalue weighted by molar-refractivity contribution is 5.98. The van der Waals surface area contributed by atoms with Crippen LogP contribution < -0.4 is 21.1 Å². The third-order valence-corrected chi connectivity index (χ3v) is 5.39. The number of nitrogens with two attached hydrogens (primary N) is 1. The van der Waals surface area contributed by atoms with Crippen molar-refractivity contribution in [1.82, 2.24) is 15.5 Å². The first-order valence-corrected chi connectivity index (χ1v) is 8.97. The van der Waals surface area contributed by atoms with Gasteiger partial charge in [-0.3, -0.25) is 20.2 Å². The molecule has 2 aliphatic heterocycles. The quantitative estimate of drug-likeness (QED) is 0.583. The molecule has 0 saturated carbocycles. The molecule has 2 aromatic rings. The Morgan fingerprint density at radius 2 is 2.07 bits per heavy atom. The Morgan fingerprint density at radius 3 is 2.68 bits per heavy atom. The zero-order chi connectivity index (χ0) is 19.9. The van der Waals surface area contributed by atoms with Crippen molar-refractivity contribution in [2.24, 2.45) is 5.73 Å². The molecule has 146 valence electrons. The fraction of sp³-hybridized carbons (Fsp3) is 0.300. The molecule has 1 saturated heterocycles. The Bertz CT molecular complexity index is 930. The van der Waals surface area contributed by atoms with Crippen LogP contribution in [0, 0.1) is 0 Å². The molecule has 0 aromatic heterocycles. The molecule has 2 unspecified atom stereocenters. The number of hydrogen-bond donors (Lipinski definition) is 4. The number of benzene rings is 2. The number of nitrogens with one attached hydrogen (secondary N) is 2. The first-order chi connectivity index (χ1) is 13.4. The Hall–Kier alpha value is -2.94. The molecule has 8 nitrogen and oxygen atoms in total. The van der Waals surface area contributed by atoms with E-state index >= 15 is 0 Å². The molecule has 2 heterocycles. The maximum absolute atomic E-state index is 12.9. The van der Waals surface area contributed by atoms with Gasteiger partial charge in [-0.25, -0.2) is 0 Å². The molecular formula is C20H22N4O4. The van der Waals surface area contributed by atoms with Crippen LogP contribution in [0.3, 0.4) is 0 Å². The van der Waals surface area contributed by atoms with Crippen molar-refractivity contribution in [2.75, 3.05) is 20.2 Å². The second-order valence-corrected chi connectivity index (χ2v) is 7.14. The standard InChI is InChI=1S/C20H22N4O4/c1-28-15-7-4-13-9-24(18(26)16(13)8-15)11-20(10-22-19(27)23-20)14-5-2-12(3-6-14)17(21)25/h2-8,19,22-23,27H,9-11H2,1H3,(H2,21,25). The van der Waals surface area contributed by atoms with E-state index in [4.69, 9.17) is 10.5 Å². The van der Waals surface area contributed by atoms with Gasteiger partial charge in [-0.05, 0) is 35.4 Å². The Labute approximate surface area is 162 Å². The summed E-state index contributed by atoms with van der Waals surface area (Å²) in [5, 5.41) is 16.1. The summed E-state index contributed by atoms with van der Waals surface area (Å²) < 4.78 is 5.23. The summed E-state index contributed by atoms with van der Waals surface area (Å²) in [6.07, 6.45) is -0.893. The molecule has 0 radical (unpaired) electrons. The van der Waals surface area contributed by atoms with E-state index in [0.717, 1.165) is 11.1 Å². The van der Waals surface area contributed by atoms with E-state index in [2.05, 4.69) is 10.6 Å². The van der Waals surface area contributed by atoms with Gasteiger partial charge >= 0.3 is 0 Å². The third kappa shape index (κ3) is 3.11. The van der Waals surface area contributed by atoms with E-state index < -0.39 is 17.8 Å². The van der Waals surface area contributed by atoms with Gasteiger partial charge in [-0.2, -0.15) is 0 Å². The largest absolute Gasteiger partial charge is 0.497 e. The zero-order valence-corrected chi connectivity index (χ0v) is 15.4. The topological polar surface area (TPSA) is 117 Å². The summed E-state index contributed by atoms with van der Waals surface area (Å²) in [4.78, 5) is 26.1. The lowest BCUT2D eigenvalue weighted by molar-refractivity contribution is 0.0694. The third-order valence-electron chi connectivity index (χ3n) is 5.39. The van der Waals surface area contributed by atoms with Crippen LogP contribution in [0.1, 0.15) is 31.8 Å². The molecule has 8 heteroatoms. The first kappa shape index (κ1) is 18.4. The van der Waals surface area contributed by atoms with Crippen LogP contribution in [0.5, 0.6) is 5.75 Å². The molecule has 2 amide bonds. The van der Waals surface area contributed by atoms with Crippen molar-refractivity contribution in [3.8, 4) is 5.75 Å². The minimum absolute atomic E-state index is 0.0785. The SMILES string of the molecule is COc1ccc2c(c1)C(=O)N(CC1(c3ccc(C(N)=O)cc3)CNC(O)N1)C2. The van der Waals surface area contributed by atoms with Crippen LogP contribution in [0.15, 0.2) is 42.5 Å². The average molecular weight is 382 g/mol. The van der Waals surface area contributed by atoms with Gasteiger partial charge in [-0.1, -0.05) is 18.2 Å². The van der Waals surface area contributed by atoms with Gasteiger partial charge in [0, 0.05) is 30.8 Å². The van der Waals surface area contributed by atoms with Crippen molar-refractivity contribution in [2.45, 2.75) is 18.4 Å². The second kappa shape index (κ2) is 6.90. The molecule has 28 heavy (non-hydrogen) atoms. The Morgan fingerprint density at radius 1 is 1.32 bits per heavy atom. The van der Waals surface area contributed by atoms with E-state index in [1.807, 2.05) is 12.1 Å². The predicted octanol–water partition coefficient (Wildman–Crippen LogP) is 0.114. The number of carbonyl (C=O) groups is 2. The van der Waals surface area contributed by atoms with E-state index in [0.29, 0.717) is 36.5 Å². The smallest absolute Gasteiger partial charge is 0.254 e. The summed E-state index contributed by atoms with van der Waals surface area (Å²) in [7, 11) is 1.57. The fourth-order valence-corrected chi connectivity index (χ4v) is 3.89.